The van der Waals surface area contributed by atoms with Crippen molar-refractivity contribution in [1.29, 1.82) is 0 Å². The number of nitrogens with zero attached hydrogens (tertiary/aromatic N) is 2. The maximum Gasteiger partial charge on any atom is 0.254 e. The van der Waals surface area contributed by atoms with Crippen LogP contribution in [0.5, 0.6) is 0 Å². The van der Waals surface area contributed by atoms with Gasteiger partial charge in [0.1, 0.15) is 18.6 Å². The summed E-state index contributed by atoms with van der Waals surface area (Å²) in [6.45, 7) is 1.90. The third-order valence-corrected chi connectivity index (χ3v) is 2.78. The molecule has 7 heteroatoms. The molecule has 2 aromatic rings. The molecule has 1 heterocycles. The van der Waals surface area contributed by atoms with Gasteiger partial charge in [-0.25, -0.2) is 4.39 Å². The minimum Gasteiger partial charge on any atom is -0.363 e. The summed E-state index contributed by atoms with van der Waals surface area (Å²) < 4.78 is 17.7. The second-order valence-electron chi connectivity index (χ2n) is 4.26. The number of likely N-dealkylation sites (N-methyl/N-ethyl adjacent to an activating group) is 1. The predicted molar refractivity (Wildman–Crippen MR) is 73.1 cm³/mol. The lowest BCUT2D eigenvalue weighted by Gasteiger charge is -2.20. The second-order valence-corrected chi connectivity index (χ2v) is 4.26. The van der Waals surface area contributed by atoms with Crippen LogP contribution in [0.15, 0.2) is 41.1 Å². The van der Waals surface area contributed by atoms with Gasteiger partial charge < -0.3 is 14.7 Å². The summed E-state index contributed by atoms with van der Waals surface area (Å²) >= 11 is 0. The van der Waals surface area contributed by atoms with E-state index in [-0.39, 0.29) is 17.9 Å². The van der Waals surface area contributed by atoms with Crippen LogP contribution in [0.4, 0.5) is 10.2 Å². The van der Waals surface area contributed by atoms with E-state index in [0.717, 1.165) is 6.07 Å². The van der Waals surface area contributed by atoms with Gasteiger partial charge in [-0.3, -0.25) is 9.59 Å². The highest BCUT2D eigenvalue weighted by atomic mass is 19.1. The largest absolute Gasteiger partial charge is 0.363 e. The molecule has 110 valence electrons. The number of nitrogens with one attached hydrogen (secondary N) is 1. The predicted octanol–water partition coefficient (Wildman–Crippen LogP) is 1.91. The van der Waals surface area contributed by atoms with E-state index in [0.29, 0.717) is 6.54 Å². The number of hydrogen-bond acceptors (Lipinski definition) is 4. The molecule has 0 atom stereocenters. The summed E-state index contributed by atoms with van der Waals surface area (Å²) in [5.41, 5.74) is 0.200. The van der Waals surface area contributed by atoms with Gasteiger partial charge >= 0.3 is 0 Å². The van der Waals surface area contributed by atoms with Gasteiger partial charge in [-0.05, 0) is 25.1 Å². The normalized spacial score (nSPS) is 10.2. The van der Waals surface area contributed by atoms with Crippen LogP contribution < -0.4 is 5.32 Å². The summed E-state index contributed by atoms with van der Waals surface area (Å²) in [4.78, 5) is 25.3. The summed E-state index contributed by atoms with van der Waals surface area (Å²) in [7, 11) is 0. The highest BCUT2D eigenvalue weighted by Crippen LogP contribution is 2.08. The number of amides is 2. The zero-order chi connectivity index (χ0) is 15.2. The van der Waals surface area contributed by atoms with Crippen molar-refractivity contribution in [3.63, 3.8) is 0 Å². The van der Waals surface area contributed by atoms with Gasteiger partial charge in [-0.15, -0.1) is 0 Å². The van der Waals surface area contributed by atoms with Gasteiger partial charge in [-0.1, -0.05) is 11.2 Å². The first-order chi connectivity index (χ1) is 10.1. The van der Waals surface area contributed by atoms with Gasteiger partial charge in [0.25, 0.3) is 5.91 Å². The molecule has 0 saturated heterocycles. The standard InChI is InChI=1S/C14H14FN3O3/c1-2-18(9-13(19)16-12-6-7-21-17-12)14(20)10-4-3-5-11(15)8-10/h3-8H,2,9H2,1H3,(H,16,17,19). The fourth-order valence-electron chi connectivity index (χ4n) is 1.76. The molecule has 1 aromatic carbocycles. The topological polar surface area (TPSA) is 75.4 Å². The molecule has 21 heavy (non-hydrogen) atoms. The van der Waals surface area contributed by atoms with Crippen molar-refractivity contribution in [2.75, 3.05) is 18.4 Å². The maximum atomic E-state index is 13.1. The van der Waals surface area contributed by atoms with Crippen molar-refractivity contribution in [2.24, 2.45) is 0 Å². The SMILES string of the molecule is CCN(CC(=O)Nc1ccon1)C(=O)c1cccc(F)c1. The molecule has 1 aromatic heterocycles. The van der Waals surface area contributed by atoms with E-state index < -0.39 is 17.6 Å². The smallest absolute Gasteiger partial charge is 0.254 e. The van der Waals surface area contributed by atoms with E-state index in [9.17, 15) is 14.0 Å². The molecule has 1 N–H and O–H groups in total. The van der Waals surface area contributed by atoms with Crippen molar-refractivity contribution in [3.8, 4) is 0 Å². The minimum absolute atomic E-state index is 0.154. The number of carbonyl (C=O) groups excluding carboxylic acids is 2. The van der Waals surface area contributed by atoms with Crippen LogP contribution >= 0.6 is 0 Å². The number of rotatable bonds is 5. The molecule has 0 radical (unpaired) electrons. The first-order valence-electron chi connectivity index (χ1n) is 6.35. The van der Waals surface area contributed by atoms with Gasteiger partial charge in [0.2, 0.25) is 5.91 Å². The lowest BCUT2D eigenvalue weighted by Crippen LogP contribution is -2.37. The van der Waals surface area contributed by atoms with Crippen molar-refractivity contribution < 1.29 is 18.5 Å². The van der Waals surface area contributed by atoms with Crippen LogP contribution in [0.1, 0.15) is 17.3 Å². The maximum absolute atomic E-state index is 13.1. The number of benzene rings is 1. The Morgan fingerprint density at radius 1 is 1.38 bits per heavy atom. The Balaban J connectivity index is 2.02. The van der Waals surface area contributed by atoms with Crippen LogP contribution in [-0.2, 0) is 4.79 Å². The van der Waals surface area contributed by atoms with Crippen molar-refractivity contribution >= 4 is 17.6 Å². The van der Waals surface area contributed by atoms with Crippen LogP contribution in [0.2, 0.25) is 0 Å². The molecule has 0 fully saturated rings. The van der Waals surface area contributed by atoms with E-state index in [1.807, 2.05) is 0 Å². The highest BCUT2D eigenvalue weighted by molar-refractivity contribution is 5.99. The molecule has 0 saturated carbocycles. The third kappa shape index (κ3) is 3.88. The van der Waals surface area contributed by atoms with E-state index in [4.69, 9.17) is 0 Å². The molecule has 0 aliphatic rings. The fourth-order valence-corrected chi connectivity index (χ4v) is 1.76. The molecular formula is C14H14FN3O3. The van der Waals surface area contributed by atoms with Gasteiger partial charge in [-0.2, -0.15) is 0 Å². The molecule has 0 aliphatic heterocycles. The summed E-state index contributed by atoms with van der Waals surface area (Å²) in [5.74, 6) is -1.04. The fraction of sp³-hybridized carbons (Fsp3) is 0.214. The molecule has 6 nitrogen and oxygen atoms in total. The highest BCUT2D eigenvalue weighted by Gasteiger charge is 2.18. The van der Waals surface area contributed by atoms with E-state index in [1.165, 1.54) is 35.4 Å². The molecule has 2 rings (SSSR count). The number of aromatic nitrogens is 1. The second kappa shape index (κ2) is 6.65. The van der Waals surface area contributed by atoms with Crippen molar-refractivity contribution in [1.82, 2.24) is 10.1 Å². The van der Waals surface area contributed by atoms with Crippen LogP contribution in [0.3, 0.4) is 0 Å². The average molecular weight is 291 g/mol. The number of carbonyl (C=O) groups is 2. The lowest BCUT2D eigenvalue weighted by molar-refractivity contribution is -0.116. The summed E-state index contributed by atoms with van der Waals surface area (Å²) in [6.07, 6.45) is 1.32. The molecule has 0 aliphatic carbocycles. The van der Waals surface area contributed by atoms with Crippen molar-refractivity contribution in [3.05, 3.63) is 48.0 Å². The Morgan fingerprint density at radius 3 is 2.81 bits per heavy atom. The third-order valence-electron chi connectivity index (χ3n) is 2.78. The lowest BCUT2D eigenvalue weighted by atomic mass is 10.2. The van der Waals surface area contributed by atoms with E-state index >= 15 is 0 Å². The Hall–Kier alpha value is -2.70. The van der Waals surface area contributed by atoms with Gasteiger partial charge in [0.15, 0.2) is 5.82 Å². The number of hydrogen-bond donors (Lipinski definition) is 1. The molecule has 0 spiro atoms. The first kappa shape index (κ1) is 14.7. The number of anilines is 1. The zero-order valence-electron chi connectivity index (χ0n) is 11.4. The number of halogens is 1. The zero-order valence-corrected chi connectivity index (χ0v) is 11.4. The van der Waals surface area contributed by atoms with E-state index in [2.05, 4.69) is 15.0 Å². The Kier molecular flexibility index (Phi) is 4.65. The van der Waals surface area contributed by atoms with Gasteiger partial charge in [0, 0.05) is 18.2 Å². The van der Waals surface area contributed by atoms with Crippen LogP contribution in [-0.4, -0.2) is 35.0 Å². The Morgan fingerprint density at radius 2 is 2.19 bits per heavy atom. The van der Waals surface area contributed by atoms with Crippen LogP contribution in [0.25, 0.3) is 0 Å². The molecule has 0 bridgehead atoms. The summed E-state index contributed by atoms with van der Waals surface area (Å²) in [5, 5.41) is 6.04. The molecule has 0 unspecified atom stereocenters. The molecular weight excluding hydrogens is 277 g/mol. The Labute approximate surface area is 120 Å². The Bertz CT molecular complexity index is 628. The van der Waals surface area contributed by atoms with Crippen molar-refractivity contribution in [2.45, 2.75) is 6.92 Å². The minimum atomic E-state index is -0.496. The average Bonchev–Trinajstić information content (AvgIpc) is 2.97. The molecule has 2 amide bonds. The van der Waals surface area contributed by atoms with Crippen LogP contribution in [0, 0.1) is 5.82 Å². The first-order valence-corrected chi connectivity index (χ1v) is 6.35. The monoisotopic (exact) mass is 291 g/mol. The quantitative estimate of drug-likeness (QED) is 0.913. The summed E-state index contributed by atoms with van der Waals surface area (Å²) in [6, 6.07) is 6.84. The van der Waals surface area contributed by atoms with E-state index in [1.54, 1.807) is 6.92 Å². The van der Waals surface area contributed by atoms with Gasteiger partial charge in [0.05, 0.1) is 0 Å².